The first kappa shape index (κ1) is 24.5. The molecule has 0 saturated carbocycles. The first-order valence-corrected chi connectivity index (χ1v) is 11.7. The van der Waals surface area contributed by atoms with E-state index in [4.69, 9.17) is 9.47 Å². The van der Waals surface area contributed by atoms with Gasteiger partial charge in [-0.15, -0.1) is 13.2 Å². The van der Waals surface area contributed by atoms with Crippen LogP contribution in [-0.2, 0) is 23.9 Å². The van der Waals surface area contributed by atoms with Gasteiger partial charge in [-0.25, -0.2) is 0 Å². The van der Waals surface area contributed by atoms with Gasteiger partial charge in [-0.05, 0) is 32.1 Å². The standard InChI is InChI=1S/C24H36N2O6/c1-4-7-9-16-31-23(30)18-17-10-11-24(32-17)19(18)21(28)26(14-15-27)20(24)22(29)25(12-6-3)13-8-5-2/h4,6,17-20,27H,1,3,5,7-16H2,2H3/t17-,18+,19-,20?,24?/m0/s1. The fraction of sp³-hybridized carbons (Fsp3) is 0.708. The van der Waals surface area contributed by atoms with Crippen molar-refractivity contribution in [1.82, 2.24) is 9.80 Å². The van der Waals surface area contributed by atoms with Crippen LogP contribution in [0.4, 0.5) is 0 Å². The molecule has 3 aliphatic rings. The molecule has 3 aliphatic heterocycles. The molecule has 2 bridgehead atoms. The summed E-state index contributed by atoms with van der Waals surface area (Å²) in [6.45, 7) is 10.4. The topological polar surface area (TPSA) is 96.4 Å². The van der Waals surface area contributed by atoms with Crippen molar-refractivity contribution in [3.63, 3.8) is 0 Å². The van der Waals surface area contributed by atoms with Crippen LogP contribution < -0.4 is 0 Å². The fourth-order valence-corrected chi connectivity index (χ4v) is 5.51. The Kier molecular flexibility index (Phi) is 8.11. The van der Waals surface area contributed by atoms with Gasteiger partial charge in [-0.3, -0.25) is 14.4 Å². The zero-order valence-corrected chi connectivity index (χ0v) is 19.0. The third-order valence-electron chi connectivity index (χ3n) is 6.89. The fourth-order valence-electron chi connectivity index (χ4n) is 5.51. The summed E-state index contributed by atoms with van der Waals surface area (Å²) in [7, 11) is 0. The quantitative estimate of drug-likeness (QED) is 0.262. The molecule has 0 aromatic carbocycles. The summed E-state index contributed by atoms with van der Waals surface area (Å²) in [5.41, 5.74) is -1.05. The summed E-state index contributed by atoms with van der Waals surface area (Å²) >= 11 is 0. The van der Waals surface area contributed by atoms with Crippen molar-refractivity contribution in [2.45, 2.75) is 63.2 Å². The number of amides is 2. The molecular weight excluding hydrogens is 412 g/mol. The van der Waals surface area contributed by atoms with Gasteiger partial charge in [0.05, 0.1) is 31.2 Å². The van der Waals surface area contributed by atoms with Gasteiger partial charge in [0.2, 0.25) is 11.8 Å². The van der Waals surface area contributed by atoms with E-state index in [1.165, 1.54) is 4.90 Å². The summed E-state index contributed by atoms with van der Waals surface area (Å²) in [6.07, 6.45) is 7.31. The zero-order chi connectivity index (χ0) is 23.3. The van der Waals surface area contributed by atoms with E-state index in [0.29, 0.717) is 32.4 Å². The van der Waals surface area contributed by atoms with Crippen molar-refractivity contribution in [3.05, 3.63) is 25.3 Å². The number of carbonyl (C=O) groups is 3. The Bertz CT molecular complexity index is 740. The Balaban J connectivity index is 1.88. The number of rotatable bonds is 13. The highest BCUT2D eigenvalue weighted by molar-refractivity contribution is 5.98. The minimum absolute atomic E-state index is 0.0261. The van der Waals surface area contributed by atoms with Gasteiger partial charge in [0.1, 0.15) is 11.6 Å². The van der Waals surface area contributed by atoms with Crippen LogP contribution in [-0.4, -0.2) is 83.3 Å². The molecule has 0 aromatic rings. The molecule has 0 aromatic heterocycles. The molecule has 3 heterocycles. The third-order valence-corrected chi connectivity index (χ3v) is 6.89. The number of allylic oxidation sites excluding steroid dienone is 1. The molecule has 178 valence electrons. The average Bonchev–Trinajstić information content (AvgIpc) is 3.42. The van der Waals surface area contributed by atoms with E-state index in [1.807, 2.05) is 0 Å². The Morgan fingerprint density at radius 1 is 1.34 bits per heavy atom. The van der Waals surface area contributed by atoms with Crippen LogP contribution in [0.2, 0.25) is 0 Å². The van der Waals surface area contributed by atoms with Crippen LogP contribution in [0.15, 0.2) is 25.3 Å². The summed E-state index contributed by atoms with van der Waals surface area (Å²) in [5.74, 6) is -2.43. The Hall–Kier alpha value is -2.19. The van der Waals surface area contributed by atoms with Crippen molar-refractivity contribution < 1.29 is 29.0 Å². The Labute approximate surface area is 190 Å². The number of aliphatic hydroxyl groups excluding tert-OH is 1. The van der Waals surface area contributed by atoms with Crippen molar-refractivity contribution in [2.75, 3.05) is 32.8 Å². The molecule has 8 heteroatoms. The smallest absolute Gasteiger partial charge is 0.312 e. The van der Waals surface area contributed by atoms with Gasteiger partial charge >= 0.3 is 5.97 Å². The van der Waals surface area contributed by atoms with Gasteiger partial charge in [-0.1, -0.05) is 25.5 Å². The number of β-amino-alcohol motifs (C(OH)–C–C–N with tert-alkyl or cyclic N) is 1. The monoisotopic (exact) mass is 448 g/mol. The summed E-state index contributed by atoms with van der Waals surface area (Å²) in [4.78, 5) is 43.3. The molecule has 3 fully saturated rings. The minimum Gasteiger partial charge on any atom is -0.465 e. The predicted octanol–water partition coefficient (Wildman–Crippen LogP) is 1.68. The molecule has 1 spiro atoms. The Morgan fingerprint density at radius 2 is 2.12 bits per heavy atom. The van der Waals surface area contributed by atoms with Gasteiger partial charge in [0.15, 0.2) is 0 Å². The number of hydrogen-bond acceptors (Lipinski definition) is 6. The third kappa shape index (κ3) is 4.22. The minimum atomic E-state index is -1.05. The number of aliphatic hydroxyl groups is 1. The van der Waals surface area contributed by atoms with Crippen LogP contribution in [0.25, 0.3) is 0 Å². The van der Waals surface area contributed by atoms with E-state index >= 15 is 0 Å². The maximum absolute atomic E-state index is 13.7. The molecule has 2 unspecified atom stereocenters. The number of likely N-dealkylation sites (tertiary alicyclic amines) is 1. The van der Waals surface area contributed by atoms with Crippen molar-refractivity contribution in [2.24, 2.45) is 11.8 Å². The van der Waals surface area contributed by atoms with Crippen LogP contribution in [0.5, 0.6) is 0 Å². The largest absolute Gasteiger partial charge is 0.465 e. The summed E-state index contributed by atoms with van der Waals surface area (Å²) in [5, 5.41) is 9.62. The van der Waals surface area contributed by atoms with E-state index in [0.717, 1.165) is 19.3 Å². The first-order chi connectivity index (χ1) is 15.5. The van der Waals surface area contributed by atoms with E-state index in [2.05, 4.69) is 20.1 Å². The highest BCUT2D eigenvalue weighted by Gasteiger charge is 2.75. The average molecular weight is 449 g/mol. The lowest BCUT2D eigenvalue weighted by Gasteiger charge is -2.36. The van der Waals surface area contributed by atoms with E-state index in [-0.39, 0.29) is 31.6 Å². The zero-order valence-electron chi connectivity index (χ0n) is 19.0. The van der Waals surface area contributed by atoms with E-state index in [1.54, 1.807) is 17.1 Å². The molecule has 3 saturated heterocycles. The van der Waals surface area contributed by atoms with Crippen LogP contribution in [0, 0.1) is 11.8 Å². The summed E-state index contributed by atoms with van der Waals surface area (Å²) in [6, 6.07) is -0.854. The lowest BCUT2D eigenvalue weighted by atomic mass is 9.70. The van der Waals surface area contributed by atoms with Gasteiger partial charge in [0.25, 0.3) is 0 Å². The molecule has 2 amide bonds. The maximum atomic E-state index is 13.7. The normalized spacial score (nSPS) is 30.3. The van der Waals surface area contributed by atoms with Crippen LogP contribution in [0.3, 0.4) is 0 Å². The highest BCUT2D eigenvalue weighted by atomic mass is 16.6. The van der Waals surface area contributed by atoms with Gasteiger partial charge in [0, 0.05) is 19.6 Å². The second-order valence-electron chi connectivity index (χ2n) is 8.84. The molecule has 1 N–H and O–H groups in total. The van der Waals surface area contributed by atoms with Crippen LogP contribution in [0.1, 0.15) is 45.4 Å². The Morgan fingerprint density at radius 3 is 2.78 bits per heavy atom. The SMILES string of the molecule is C=CCCCOC(=O)[C@@H]1[C@@H]2CCC3(O2)C(C(=O)N(CC=C)CCCC)N(CCO)C(=O)[C@H]13. The molecule has 8 nitrogen and oxygen atoms in total. The number of esters is 1. The van der Waals surface area contributed by atoms with Crippen LogP contribution >= 0.6 is 0 Å². The second-order valence-corrected chi connectivity index (χ2v) is 8.84. The molecule has 3 rings (SSSR count). The van der Waals surface area contributed by atoms with Crippen molar-refractivity contribution in [1.29, 1.82) is 0 Å². The lowest BCUT2D eigenvalue weighted by molar-refractivity contribution is -0.155. The summed E-state index contributed by atoms with van der Waals surface area (Å²) < 4.78 is 11.8. The maximum Gasteiger partial charge on any atom is 0.312 e. The van der Waals surface area contributed by atoms with Gasteiger partial charge < -0.3 is 24.4 Å². The molecule has 0 radical (unpaired) electrons. The van der Waals surface area contributed by atoms with E-state index in [9.17, 15) is 19.5 Å². The predicted molar refractivity (Wildman–Crippen MR) is 118 cm³/mol. The molecule has 32 heavy (non-hydrogen) atoms. The highest BCUT2D eigenvalue weighted by Crippen LogP contribution is 2.58. The molecular formula is C24H36N2O6. The molecule has 5 atom stereocenters. The van der Waals surface area contributed by atoms with Gasteiger partial charge in [-0.2, -0.15) is 0 Å². The van der Waals surface area contributed by atoms with E-state index < -0.39 is 35.6 Å². The number of ether oxygens (including phenoxy) is 2. The molecule has 0 aliphatic carbocycles. The lowest BCUT2D eigenvalue weighted by Crippen LogP contribution is -2.56. The first-order valence-electron chi connectivity index (χ1n) is 11.7. The number of nitrogens with zero attached hydrogens (tertiary/aromatic N) is 2. The van der Waals surface area contributed by atoms with Crippen molar-refractivity contribution >= 4 is 17.8 Å². The number of hydrogen-bond donors (Lipinski definition) is 1. The number of fused-ring (bicyclic) bond motifs is 1. The second kappa shape index (κ2) is 10.6. The van der Waals surface area contributed by atoms with Crippen molar-refractivity contribution in [3.8, 4) is 0 Å². The number of carbonyl (C=O) groups excluding carboxylic acids is 3. The number of unbranched alkanes of at least 4 members (excludes halogenated alkanes) is 2.